The Morgan fingerprint density at radius 1 is 0.253 bits per heavy atom. The molecule has 0 aliphatic rings. The van der Waals surface area contributed by atoms with Crippen LogP contribution in [-0.2, 0) is 28.6 Å². The van der Waals surface area contributed by atoms with E-state index >= 15 is 0 Å². The van der Waals surface area contributed by atoms with Crippen LogP contribution in [0.4, 0.5) is 0 Å². The number of hydrogen-bond acceptors (Lipinski definition) is 6. The third-order valence-corrected chi connectivity index (χ3v) is 12.8. The first-order valence-electron chi connectivity index (χ1n) is 32.6. The summed E-state index contributed by atoms with van der Waals surface area (Å²) in [6.07, 6.45) is 106. The molecule has 0 aromatic heterocycles. The van der Waals surface area contributed by atoms with Gasteiger partial charge in [0.05, 0.1) is 0 Å². The van der Waals surface area contributed by atoms with E-state index in [0.717, 1.165) is 173 Å². The lowest BCUT2D eigenvalue weighted by Gasteiger charge is -2.18. The first kappa shape index (κ1) is 77.0. The summed E-state index contributed by atoms with van der Waals surface area (Å²) in [5.41, 5.74) is 0. The molecule has 1 unspecified atom stereocenters. The van der Waals surface area contributed by atoms with Gasteiger partial charge in [0.1, 0.15) is 13.2 Å². The Hall–Kier alpha value is -6.01. The predicted molar refractivity (Wildman–Crippen MR) is 361 cm³/mol. The number of ether oxygens (including phenoxy) is 3. The highest BCUT2D eigenvalue weighted by atomic mass is 16.6. The number of allylic oxidation sites excluding steroid dienone is 34. The average molecular weight is 1140 g/mol. The highest BCUT2D eigenvalue weighted by molar-refractivity contribution is 5.71. The van der Waals surface area contributed by atoms with E-state index in [4.69, 9.17) is 14.2 Å². The van der Waals surface area contributed by atoms with Crippen molar-refractivity contribution in [2.45, 2.75) is 245 Å². The first-order chi connectivity index (χ1) is 41.0. The number of hydrogen-bond donors (Lipinski definition) is 0. The molecule has 0 radical (unpaired) electrons. The minimum Gasteiger partial charge on any atom is -0.462 e. The first-order valence-corrected chi connectivity index (χ1v) is 32.6. The maximum Gasteiger partial charge on any atom is 0.306 e. The molecule has 0 spiro atoms. The summed E-state index contributed by atoms with van der Waals surface area (Å²) in [6.45, 7) is 6.26. The molecule has 0 aliphatic carbocycles. The molecule has 0 bridgehead atoms. The second-order valence-electron chi connectivity index (χ2n) is 20.5. The van der Waals surface area contributed by atoms with Crippen LogP contribution in [0.15, 0.2) is 207 Å². The summed E-state index contributed by atoms with van der Waals surface area (Å²) in [4.78, 5) is 38.2. The fraction of sp³-hybridized carbons (Fsp3) is 0.519. The van der Waals surface area contributed by atoms with Crippen LogP contribution in [0.3, 0.4) is 0 Å². The molecule has 0 aromatic carbocycles. The Labute approximate surface area is 509 Å². The van der Waals surface area contributed by atoms with Crippen molar-refractivity contribution in [1.29, 1.82) is 0 Å². The van der Waals surface area contributed by atoms with Crippen LogP contribution in [0.5, 0.6) is 0 Å². The van der Waals surface area contributed by atoms with Crippen LogP contribution in [0, 0.1) is 0 Å². The summed E-state index contributed by atoms with van der Waals surface area (Å²) >= 11 is 0. The number of carbonyl (C=O) groups is 3. The maximum atomic E-state index is 12.8. The van der Waals surface area contributed by atoms with E-state index in [1.807, 2.05) is 12.2 Å². The molecule has 460 valence electrons. The molecule has 0 aliphatic heterocycles. The van der Waals surface area contributed by atoms with E-state index in [9.17, 15) is 14.4 Å². The maximum absolute atomic E-state index is 12.8. The van der Waals surface area contributed by atoms with Crippen LogP contribution in [0.2, 0.25) is 0 Å². The number of rotatable bonds is 56. The summed E-state index contributed by atoms with van der Waals surface area (Å²) in [5.74, 6) is -1.06. The van der Waals surface area contributed by atoms with Gasteiger partial charge in [-0.05, 0) is 154 Å². The molecule has 0 rings (SSSR count). The van der Waals surface area contributed by atoms with Gasteiger partial charge in [-0.15, -0.1) is 0 Å². The number of unbranched alkanes of at least 4 members (excludes halogenated alkanes) is 11. The minimum atomic E-state index is -0.845. The monoisotopic (exact) mass is 1140 g/mol. The molecule has 0 saturated heterocycles. The van der Waals surface area contributed by atoms with Gasteiger partial charge < -0.3 is 14.2 Å². The summed E-state index contributed by atoms with van der Waals surface area (Å²) in [6, 6.07) is 0. The zero-order valence-corrected chi connectivity index (χ0v) is 52.6. The van der Waals surface area contributed by atoms with Crippen molar-refractivity contribution in [2.24, 2.45) is 0 Å². The highest BCUT2D eigenvalue weighted by Gasteiger charge is 2.19. The zero-order chi connectivity index (χ0) is 59.9. The molecule has 0 heterocycles. The summed E-state index contributed by atoms with van der Waals surface area (Å²) in [5, 5.41) is 0. The lowest BCUT2D eigenvalue weighted by Crippen LogP contribution is -2.30. The van der Waals surface area contributed by atoms with Crippen LogP contribution >= 0.6 is 0 Å². The molecule has 6 heteroatoms. The smallest absolute Gasteiger partial charge is 0.306 e. The lowest BCUT2D eigenvalue weighted by molar-refractivity contribution is -0.166. The van der Waals surface area contributed by atoms with Gasteiger partial charge in [-0.25, -0.2) is 0 Å². The Morgan fingerprint density at radius 3 is 0.795 bits per heavy atom. The highest BCUT2D eigenvalue weighted by Crippen LogP contribution is 2.12. The van der Waals surface area contributed by atoms with Crippen molar-refractivity contribution in [3.8, 4) is 0 Å². The largest absolute Gasteiger partial charge is 0.462 e. The van der Waals surface area contributed by atoms with Gasteiger partial charge in [0.2, 0.25) is 0 Å². The quantitative estimate of drug-likeness (QED) is 0.0261. The SMILES string of the molecule is CC/C=C\C/C=C\C/C=C\C/C=C\C/C=C\C/C=C\C/C=C\C/C=C\C/C=C\C/C=C\CCCCCCC(=O)OCC(COC(=O)CCCCCCC/C=C\CCCC)OC(=O)CC/C=C\C/C=C\C/C=C\C/C=C\C/C=C\C/C=C\CC. The van der Waals surface area contributed by atoms with Crippen LogP contribution < -0.4 is 0 Å². The zero-order valence-electron chi connectivity index (χ0n) is 52.6. The van der Waals surface area contributed by atoms with Gasteiger partial charge in [0.25, 0.3) is 0 Å². The van der Waals surface area contributed by atoms with E-state index in [2.05, 4.69) is 215 Å². The van der Waals surface area contributed by atoms with Gasteiger partial charge in [-0.2, -0.15) is 0 Å². The third-order valence-electron chi connectivity index (χ3n) is 12.8. The summed E-state index contributed by atoms with van der Waals surface area (Å²) < 4.78 is 16.8. The van der Waals surface area contributed by atoms with Crippen molar-refractivity contribution in [3.63, 3.8) is 0 Å². The van der Waals surface area contributed by atoms with E-state index in [1.54, 1.807) is 0 Å². The molecular weight excluding hydrogens is 1020 g/mol. The van der Waals surface area contributed by atoms with Gasteiger partial charge in [-0.3, -0.25) is 14.4 Å². The van der Waals surface area contributed by atoms with Gasteiger partial charge in [0, 0.05) is 19.3 Å². The van der Waals surface area contributed by atoms with E-state index in [1.165, 1.54) is 19.3 Å². The second kappa shape index (κ2) is 68.5. The van der Waals surface area contributed by atoms with Crippen LogP contribution in [-0.4, -0.2) is 37.2 Å². The standard InChI is InChI=1S/C77H116O6/c1-4-7-10-13-16-19-22-24-26-28-30-31-32-33-34-35-36-37-38-39-40-41-42-43-44-45-47-48-50-52-55-58-61-64-67-70-76(79)82-73-74(72-81-75(78)69-66-63-60-57-54-21-18-15-12-9-6-3)83-77(80)71-68-65-62-59-56-53-51-49-46-29-27-25-23-20-17-14-11-8-5-2/h7-8,10-11,15-20,24-27,30-31,33-34,36-37,39-40,42-43,45-47,49-50,52-53,56,62,65,74H,4-6,9,12-14,21-23,28-29,32,35,38,41,44,48,51,54-55,57-61,63-64,66-73H2,1-3H3/b10-7-,11-8-,18-15-,19-16-,20-17-,26-24-,27-25-,31-30-,34-33-,37-36-,40-39-,43-42-,47-45-,49-46-,52-50-,56-53-,65-62-. The number of carbonyl (C=O) groups excluding carboxylic acids is 3. The fourth-order valence-electron chi connectivity index (χ4n) is 7.95. The van der Waals surface area contributed by atoms with Crippen molar-refractivity contribution < 1.29 is 28.6 Å². The second-order valence-corrected chi connectivity index (χ2v) is 20.5. The molecule has 0 saturated carbocycles. The molecule has 0 amide bonds. The number of esters is 3. The topological polar surface area (TPSA) is 78.9 Å². The van der Waals surface area contributed by atoms with Gasteiger partial charge in [-0.1, -0.05) is 272 Å². The van der Waals surface area contributed by atoms with Crippen molar-refractivity contribution in [2.75, 3.05) is 13.2 Å². The molecular formula is C77H116O6. The average Bonchev–Trinajstić information content (AvgIpc) is 3.48. The summed E-state index contributed by atoms with van der Waals surface area (Å²) in [7, 11) is 0. The van der Waals surface area contributed by atoms with Crippen LogP contribution in [0.25, 0.3) is 0 Å². The van der Waals surface area contributed by atoms with Crippen molar-refractivity contribution >= 4 is 17.9 Å². The van der Waals surface area contributed by atoms with E-state index in [-0.39, 0.29) is 31.6 Å². The minimum absolute atomic E-state index is 0.131. The van der Waals surface area contributed by atoms with E-state index in [0.29, 0.717) is 19.3 Å². The molecule has 83 heavy (non-hydrogen) atoms. The van der Waals surface area contributed by atoms with Crippen molar-refractivity contribution in [3.05, 3.63) is 207 Å². The Bertz CT molecular complexity index is 2030. The third kappa shape index (κ3) is 66.7. The predicted octanol–water partition coefficient (Wildman–Crippen LogP) is 22.8. The Kier molecular flexibility index (Phi) is 63.5. The molecule has 6 nitrogen and oxygen atoms in total. The Morgan fingerprint density at radius 2 is 0.494 bits per heavy atom. The molecule has 0 aromatic rings. The molecule has 0 N–H and O–H groups in total. The lowest BCUT2D eigenvalue weighted by atomic mass is 10.1. The van der Waals surface area contributed by atoms with Crippen molar-refractivity contribution in [1.82, 2.24) is 0 Å². The van der Waals surface area contributed by atoms with Gasteiger partial charge >= 0.3 is 17.9 Å². The normalized spacial score (nSPS) is 13.5. The molecule has 1 atom stereocenters. The molecule has 0 fully saturated rings. The van der Waals surface area contributed by atoms with Gasteiger partial charge in [0.15, 0.2) is 6.10 Å². The van der Waals surface area contributed by atoms with E-state index < -0.39 is 12.1 Å². The van der Waals surface area contributed by atoms with Crippen LogP contribution in [0.1, 0.15) is 239 Å². The Balaban J connectivity index is 4.42. The fourth-order valence-corrected chi connectivity index (χ4v) is 7.95.